The van der Waals surface area contributed by atoms with E-state index in [0.29, 0.717) is 0 Å². The summed E-state index contributed by atoms with van der Waals surface area (Å²) in [5, 5.41) is 0. The van der Waals surface area contributed by atoms with Gasteiger partial charge in [-0.2, -0.15) is 0 Å². The van der Waals surface area contributed by atoms with Gasteiger partial charge in [0.25, 0.3) is 0 Å². The molecule has 0 aromatic heterocycles. The molecular formula is C16H38O2Si4. The molecule has 2 fully saturated rings. The molecule has 22 heavy (non-hydrogen) atoms. The minimum absolute atomic E-state index is 0.921. The van der Waals surface area contributed by atoms with Crippen LogP contribution in [0.1, 0.15) is 25.7 Å². The maximum atomic E-state index is 6.51. The van der Waals surface area contributed by atoms with Gasteiger partial charge in [0, 0.05) is 0 Å². The van der Waals surface area contributed by atoms with Crippen molar-refractivity contribution in [1.82, 2.24) is 0 Å². The topological polar surface area (TPSA) is 18.5 Å². The molecule has 0 spiro atoms. The van der Waals surface area contributed by atoms with Crippen molar-refractivity contribution in [2.75, 3.05) is 0 Å². The Kier molecular flexibility index (Phi) is 5.44. The van der Waals surface area contributed by atoms with E-state index in [1.807, 2.05) is 0 Å². The monoisotopic (exact) mass is 374 g/mol. The second-order valence-corrected chi connectivity index (χ2v) is 27.6. The number of hydrogen-bond acceptors (Lipinski definition) is 2. The molecule has 0 saturated carbocycles. The lowest BCUT2D eigenvalue weighted by molar-refractivity contribution is 0.547. The molecule has 2 rings (SSSR count). The van der Waals surface area contributed by atoms with Crippen LogP contribution >= 0.6 is 0 Å². The van der Waals surface area contributed by atoms with Crippen LogP contribution in [-0.4, -0.2) is 33.3 Å². The molecule has 0 radical (unpaired) electrons. The van der Waals surface area contributed by atoms with Gasteiger partial charge in [-0.25, -0.2) is 0 Å². The normalized spacial score (nSPS) is 34.9. The summed E-state index contributed by atoms with van der Waals surface area (Å²) < 4.78 is 13.0. The first-order chi connectivity index (χ1) is 9.83. The molecule has 0 aliphatic carbocycles. The molecule has 0 bridgehead atoms. The van der Waals surface area contributed by atoms with Crippen molar-refractivity contribution in [3.63, 3.8) is 0 Å². The van der Waals surface area contributed by atoms with Gasteiger partial charge in [0.15, 0.2) is 33.3 Å². The zero-order valence-electron chi connectivity index (χ0n) is 16.2. The lowest BCUT2D eigenvalue weighted by Gasteiger charge is -2.26. The zero-order chi connectivity index (χ0) is 16.8. The van der Waals surface area contributed by atoms with Crippen molar-refractivity contribution < 1.29 is 8.23 Å². The summed E-state index contributed by atoms with van der Waals surface area (Å²) in [6.45, 7) is 19.5. The fourth-order valence-corrected chi connectivity index (χ4v) is 29.9. The first kappa shape index (κ1) is 19.1. The van der Waals surface area contributed by atoms with Crippen LogP contribution in [0.3, 0.4) is 0 Å². The van der Waals surface area contributed by atoms with Gasteiger partial charge in [0.1, 0.15) is 0 Å². The predicted octanol–water partition coefficient (Wildman–Crippen LogP) is 6.17. The fraction of sp³-hybridized carbons (Fsp3) is 1.00. The van der Waals surface area contributed by atoms with E-state index in [1.165, 1.54) is 37.8 Å². The van der Waals surface area contributed by atoms with Crippen molar-refractivity contribution >= 4 is 33.3 Å². The lowest BCUT2D eigenvalue weighted by atomic mass is 10.1. The van der Waals surface area contributed by atoms with E-state index in [-0.39, 0.29) is 0 Å². The molecule has 2 unspecified atom stereocenters. The Morgan fingerprint density at radius 2 is 0.955 bits per heavy atom. The molecule has 130 valence electrons. The van der Waals surface area contributed by atoms with Gasteiger partial charge in [-0.15, -0.1) is 0 Å². The van der Waals surface area contributed by atoms with Gasteiger partial charge in [0.2, 0.25) is 0 Å². The molecule has 2 nitrogen and oxygen atoms in total. The maximum Gasteiger partial charge on any atom is 0.176 e. The first-order valence-corrected chi connectivity index (χ1v) is 21.4. The van der Waals surface area contributed by atoms with E-state index >= 15 is 0 Å². The van der Waals surface area contributed by atoms with Crippen LogP contribution in [0.4, 0.5) is 0 Å². The van der Waals surface area contributed by atoms with E-state index in [9.17, 15) is 0 Å². The van der Waals surface area contributed by atoms with E-state index in [2.05, 4.69) is 52.4 Å². The highest BCUT2D eigenvalue weighted by molar-refractivity contribution is 6.91. The zero-order valence-corrected chi connectivity index (χ0v) is 20.2. The van der Waals surface area contributed by atoms with Gasteiger partial charge in [-0.1, -0.05) is 25.7 Å². The Hall–Kier alpha value is 0.788. The van der Waals surface area contributed by atoms with Crippen molar-refractivity contribution in [3.8, 4) is 0 Å². The Balaban J connectivity index is 1.76. The van der Waals surface area contributed by atoms with Crippen molar-refractivity contribution in [1.29, 1.82) is 0 Å². The van der Waals surface area contributed by atoms with Crippen molar-refractivity contribution in [2.24, 2.45) is 0 Å². The molecule has 2 aliphatic heterocycles. The van der Waals surface area contributed by atoms with Crippen LogP contribution in [0.25, 0.3) is 0 Å². The Morgan fingerprint density at radius 1 is 0.636 bits per heavy atom. The molecule has 2 saturated heterocycles. The van der Waals surface area contributed by atoms with E-state index in [1.54, 1.807) is 0 Å². The number of hydrogen-bond donors (Lipinski definition) is 0. The van der Waals surface area contributed by atoms with Crippen LogP contribution in [-0.2, 0) is 8.23 Å². The first-order valence-electron chi connectivity index (χ1n) is 9.23. The highest BCUT2D eigenvalue weighted by Crippen LogP contribution is 2.47. The third kappa shape index (κ3) is 4.66. The fourth-order valence-electron chi connectivity index (χ4n) is 5.03. The average molecular weight is 375 g/mol. The minimum atomic E-state index is -1.39. The van der Waals surface area contributed by atoms with Gasteiger partial charge in [-0.05, 0) is 75.5 Å². The second kappa shape index (κ2) is 6.26. The minimum Gasteiger partial charge on any atom is -0.455 e. The lowest BCUT2D eigenvalue weighted by Crippen LogP contribution is -2.35. The third-order valence-corrected chi connectivity index (χ3v) is 23.2. The van der Waals surface area contributed by atoms with Crippen LogP contribution in [0.15, 0.2) is 0 Å². The van der Waals surface area contributed by atoms with E-state index < -0.39 is 33.3 Å². The number of rotatable bonds is 5. The SMILES string of the molecule is C[Si]1(C)CC(CCCCC2C[Si](C)(C)O[Si]2(C)C)[Si](C)(C)O1. The van der Waals surface area contributed by atoms with Gasteiger partial charge >= 0.3 is 0 Å². The Labute approximate surface area is 142 Å². The summed E-state index contributed by atoms with van der Waals surface area (Å²) in [4.78, 5) is 0. The van der Waals surface area contributed by atoms with Crippen LogP contribution in [0, 0.1) is 0 Å². The highest BCUT2D eigenvalue weighted by Gasteiger charge is 2.49. The Morgan fingerprint density at radius 3 is 1.18 bits per heavy atom. The Bertz CT molecular complexity index is 369. The van der Waals surface area contributed by atoms with E-state index in [0.717, 1.165) is 11.1 Å². The van der Waals surface area contributed by atoms with Gasteiger partial charge in [-0.3, -0.25) is 0 Å². The average Bonchev–Trinajstić information content (AvgIpc) is 2.61. The maximum absolute atomic E-state index is 6.51. The summed E-state index contributed by atoms with van der Waals surface area (Å²) in [6.07, 6.45) is 5.67. The molecule has 6 heteroatoms. The third-order valence-electron chi connectivity index (χ3n) is 5.88. The summed E-state index contributed by atoms with van der Waals surface area (Å²) >= 11 is 0. The highest BCUT2D eigenvalue weighted by atomic mass is 28.4. The van der Waals surface area contributed by atoms with Crippen LogP contribution in [0.5, 0.6) is 0 Å². The smallest absolute Gasteiger partial charge is 0.176 e. The molecule has 0 aromatic rings. The number of unbranched alkanes of at least 4 members (excludes halogenated alkanes) is 1. The van der Waals surface area contributed by atoms with Crippen molar-refractivity contribution in [2.45, 2.75) is 101 Å². The summed E-state index contributed by atoms with van der Waals surface area (Å²) in [6, 6.07) is 2.83. The molecule has 2 aliphatic rings. The predicted molar refractivity (Wildman–Crippen MR) is 108 cm³/mol. The summed E-state index contributed by atoms with van der Waals surface area (Å²) in [5.74, 6) is 0. The quantitative estimate of drug-likeness (QED) is 0.423. The molecule has 0 N–H and O–H groups in total. The van der Waals surface area contributed by atoms with E-state index in [4.69, 9.17) is 8.23 Å². The summed E-state index contributed by atoms with van der Waals surface area (Å²) in [5.41, 5.74) is 1.84. The second-order valence-electron chi connectivity index (χ2n) is 10.0. The molecule has 2 atom stereocenters. The standard InChI is InChI=1S/C16H38O2Si4/c1-19(2)13-15(21(5,6)17-19)11-9-10-12-16-14-20(3,4)18-22(16,7)8/h15-16H,9-14H2,1-8H3. The molecule has 0 amide bonds. The van der Waals surface area contributed by atoms with Crippen LogP contribution in [0.2, 0.25) is 75.5 Å². The molecule has 2 heterocycles. The molecular weight excluding hydrogens is 337 g/mol. The van der Waals surface area contributed by atoms with Gasteiger partial charge < -0.3 is 8.23 Å². The van der Waals surface area contributed by atoms with Crippen molar-refractivity contribution in [3.05, 3.63) is 0 Å². The molecule has 0 aromatic carbocycles. The largest absolute Gasteiger partial charge is 0.455 e. The van der Waals surface area contributed by atoms with Crippen LogP contribution < -0.4 is 0 Å². The van der Waals surface area contributed by atoms with Gasteiger partial charge in [0.05, 0.1) is 0 Å². The summed E-state index contributed by atoms with van der Waals surface area (Å²) in [7, 11) is -5.40.